The molecule has 1 aromatic carbocycles. The molecule has 9 heteroatoms. The van der Waals surface area contributed by atoms with E-state index >= 15 is 0 Å². The van der Waals surface area contributed by atoms with Crippen LogP contribution in [0, 0.1) is 23.1 Å². The van der Waals surface area contributed by atoms with Crippen molar-refractivity contribution in [2.24, 2.45) is 0 Å². The lowest BCUT2D eigenvalue weighted by Crippen LogP contribution is -2.55. The number of amides is 2. The Bertz CT molecular complexity index is 1300. The monoisotopic (exact) mass is 547 g/mol. The van der Waals surface area contributed by atoms with E-state index in [9.17, 15) is 14.0 Å². The number of pyridine rings is 1. The number of rotatable bonds is 7. The van der Waals surface area contributed by atoms with Crippen molar-refractivity contribution in [2.45, 2.75) is 59.1 Å². The van der Waals surface area contributed by atoms with Crippen molar-refractivity contribution in [1.82, 2.24) is 15.2 Å². The molecule has 2 N–H and O–H groups in total. The molecular formula is C31H38FN5O3. The molecule has 1 fully saturated rings. The number of carbonyl (C=O) groups is 2. The molecule has 2 heterocycles. The van der Waals surface area contributed by atoms with Gasteiger partial charge in [-0.05, 0) is 83.4 Å². The van der Waals surface area contributed by atoms with E-state index < -0.39 is 5.60 Å². The second-order valence-corrected chi connectivity index (χ2v) is 10.7. The molecule has 2 amide bonds. The van der Waals surface area contributed by atoms with Gasteiger partial charge in [-0.25, -0.2) is 14.2 Å². The molecule has 1 aliphatic rings. The van der Waals surface area contributed by atoms with E-state index in [0.29, 0.717) is 61.5 Å². The Hall–Kier alpha value is -4.19. The SMILES string of the molecule is C/C=C(\C=N)CCCNC(=O)c1cnc(N2CCN(C(=O)OC(C)(C)C)C(C)C2)c(C#Cc2ccc(F)cc2)c1. The maximum atomic E-state index is 13.4. The number of allylic oxidation sites excluding steroid dienone is 2. The predicted octanol–water partition coefficient (Wildman–Crippen LogP) is 5.17. The van der Waals surface area contributed by atoms with Crippen LogP contribution in [0.4, 0.5) is 15.0 Å². The van der Waals surface area contributed by atoms with Gasteiger partial charge in [-0.3, -0.25) is 4.79 Å². The van der Waals surface area contributed by atoms with Crippen LogP contribution < -0.4 is 10.2 Å². The molecule has 40 heavy (non-hydrogen) atoms. The first kappa shape index (κ1) is 30.4. The normalized spacial score (nSPS) is 15.7. The summed E-state index contributed by atoms with van der Waals surface area (Å²) in [5.41, 5.74) is 1.92. The molecule has 2 aromatic rings. The molecule has 0 spiro atoms. The molecule has 3 rings (SSSR count). The molecule has 1 unspecified atom stereocenters. The van der Waals surface area contributed by atoms with Gasteiger partial charge in [-0.2, -0.15) is 0 Å². The van der Waals surface area contributed by atoms with E-state index in [-0.39, 0.29) is 23.9 Å². The number of piperazine rings is 1. The van der Waals surface area contributed by atoms with E-state index in [0.717, 1.165) is 5.57 Å². The summed E-state index contributed by atoms with van der Waals surface area (Å²) in [7, 11) is 0. The predicted molar refractivity (Wildman–Crippen MR) is 155 cm³/mol. The minimum Gasteiger partial charge on any atom is -0.444 e. The Balaban J connectivity index is 1.81. The van der Waals surface area contributed by atoms with Crippen molar-refractivity contribution in [3.05, 3.63) is 70.7 Å². The van der Waals surface area contributed by atoms with Gasteiger partial charge >= 0.3 is 6.09 Å². The average molecular weight is 548 g/mol. The third-order valence-electron chi connectivity index (χ3n) is 6.35. The number of carbonyl (C=O) groups excluding carboxylic acids is 2. The highest BCUT2D eigenvalue weighted by atomic mass is 19.1. The third kappa shape index (κ3) is 8.67. The number of ether oxygens (including phenoxy) is 1. The zero-order valence-electron chi connectivity index (χ0n) is 23.9. The summed E-state index contributed by atoms with van der Waals surface area (Å²) >= 11 is 0. The second-order valence-electron chi connectivity index (χ2n) is 10.7. The minimum absolute atomic E-state index is 0.130. The molecule has 8 nitrogen and oxygen atoms in total. The number of nitrogens with zero attached hydrogens (tertiary/aromatic N) is 3. The Kier molecular flexibility index (Phi) is 10.4. The topological polar surface area (TPSA) is 98.6 Å². The quantitative estimate of drug-likeness (QED) is 0.283. The Morgan fingerprint density at radius 3 is 2.58 bits per heavy atom. The van der Waals surface area contributed by atoms with Gasteiger partial charge in [-0.1, -0.05) is 17.9 Å². The van der Waals surface area contributed by atoms with Crippen molar-refractivity contribution in [3.63, 3.8) is 0 Å². The van der Waals surface area contributed by atoms with Crippen LogP contribution in [0.3, 0.4) is 0 Å². The number of hydrogen-bond acceptors (Lipinski definition) is 6. The summed E-state index contributed by atoms with van der Waals surface area (Å²) in [6, 6.07) is 7.48. The second kappa shape index (κ2) is 13.7. The fourth-order valence-corrected chi connectivity index (χ4v) is 4.24. The Labute approximate surface area is 236 Å². The van der Waals surface area contributed by atoms with Crippen molar-refractivity contribution in [3.8, 4) is 11.8 Å². The summed E-state index contributed by atoms with van der Waals surface area (Å²) in [5.74, 6) is 6.19. The van der Waals surface area contributed by atoms with Crippen LogP contribution >= 0.6 is 0 Å². The molecule has 0 aliphatic carbocycles. The van der Waals surface area contributed by atoms with Gasteiger partial charge in [0.1, 0.15) is 17.2 Å². The molecule has 1 saturated heterocycles. The third-order valence-corrected chi connectivity index (χ3v) is 6.35. The van der Waals surface area contributed by atoms with Crippen LogP contribution in [-0.4, -0.2) is 65.9 Å². The molecular weight excluding hydrogens is 509 g/mol. The largest absolute Gasteiger partial charge is 0.444 e. The number of nitrogens with one attached hydrogen (secondary N) is 2. The summed E-state index contributed by atoms with van der Waals surface area (Å²) in [6.45, 7) is 11.3. The number of halogens is 1. The zero-order chi connectivity index (χ0) is 29.3. The first-order chi connectivity index (χ1) is 19.0. The van der Waals surface area contributed by atoms with Gasteiger partial charge in [-0.15, -0.1) is 0 Å². The van der Waals surface area contributed by atoms with E-state index in [1.165, 1.54) is 24.5 Å². The molecule has 1 atom stereocenters. The molecule has 0 saturated carbocycles. The highest BCUT2D eigenvalue weighted by molar-refractivity contribution is 5.94. The lowest BCUT2D eigenvalue weighted by Gasteiger charge is -2.41. The molecule has 0 bridgehead atoms. The van der Waals surface area contributed by atoms with Gasteiger partial charge in [0.2, 0.25) is 0 Å². The lowest BCUT2D eigenvalue weighted by molar-refractivity contribution is 0.0158. The molecule has 1 aromatic heterocycles. The number of benzene rings is 1. The highest BCUT2D eigenvalue weighted by Gasteiger charge is 2.32. The maximum Gasteiger partial charge on any atom is 0.410 e. The highest BCUT2D eigenvalue weighted by Crippen LogP contribution is 2.23. The van der Waals surface area contributed by atoms with Gasteiger partial charge in [0.05, 0.1) is 11.1 Å². The van der Waals surface area contributed by atoms with Gasteiger partial charge in [0.25, 0.3) is 5.91 Å². The fraction of sp³-hybridized carbons (Fsp3) is 0.419. The smallest absolute Gasteiger partial charge is 0.410 e. The van der Waals surface area contributed by atoms with Crippen molar-refractivity contribution in [2.75, 3.05) is 31.1 Å². The molecule has 0 radical (unpaired) electrons. The average Bonchev–Trinajstić information content (AvgIpc) is 2.91. The molecule has 212 valence electrons. The van der Waals surface area contributed by atoms with Gasteiger partial charge in [0.15, 0.2) is 0 Å². The van der Waals surface area contributed by atoms with Crippen LogP contribution in [-0.2, 0) is 4.74 Å². The first-order valence-corrected chi connectivity index (χ1v) is 13.5. The van der Waals surface area contributed by atoms with E-state index in [1.54, 1.807) is 23.1 Å². The summed E-state index contributed by atoms with van der Waals surface area (Å²) in [4.78, 5) is 34.0. The Morgan fingerprint density at radius 2 is 1.95 bits per heavy atom. The maximum absolute atomic E-state index is 13.4. The van der Waals surface area contributed by atoms with E-state index in [2.05, 4.69) is 27.0 Å². The van der Waals surface area contributed by atoms with E-state index in [1.807, 2.05) is 40.7 Å². The van der Waals surface area contributed by atoms with Gasteiger partial charge < -0.3 is 25.3 Å². The van der Waals surface area contributed by atoms with Crippen LogP contribution in [0.15, 0.2) is 48.2 Å². The Morgan fingerprint density at radius 1 is 1.23 bits per heavy atom. The van der Waals surface area contributed by atoms with Crippen LogP contribution in [0.2, 0.25) is 0 Å². The fourth-order valence-electron chi connectivity index (χ4n) is 4.24. The van der Waals surface area contributed by atoms with Crippen molar-refractivity contribution < 1.29 is 18.7 Å². The van der Waals surface area contributed by atoms with E-state index in [4.69, 9.17) is 10.1 Å². The van der Waals surface area contributed by atoms with Crippen LogP contribution in [0.5, 0.6) is 0 Å². The first-order valence-electron chi connectivity index (χ1n) is 13.5. The van der Waals surface area contributed by atoms with Crippen LogP contribution in [0.1, 0.15) is 68.9 Å². The zero-order valence-corrected chi connectivity index (χ0v) is 23.9. The summed E-state index contributed by atoms with van der Waals surface area (Å²) < 4.78 is 18.9. The summed E-state index contributed by atoms with van der Waals surface area (Å²) in [5, 5.41) is 10.3. The summed E-state index contributed by atoms with van der Waals surface area (Å²) in [6.07, 6.45) is 5.82. The lowest BCUT2D eigenvalue weighted by atomic mass is 10.1. The standard InChI is InChI=1S/C31H38FN5O3/c1-6-23(19-33)8-7-15-34-29(38)26-18-25(12-9-24-10-13-27(32)14-11-24)28(35-20-26)36-16-17-37(22(2)21-36)30(39)40-31(3,4)5/h6,10-11,13-14,18-20,22,33H,7-8,15-17,21H2,1-5H3,(H,34,38)/b23-6-,33-19?. The van der Waals surface area contributed by atoms with Gasteiger partial charge in [0, 0.05) is 50.2 Å². The number of aromatic nitrogens is 1. The number of anilines is 1. The molecule has 1 aliphatic heterocycles. The van der Waals surface area contributed by atoms with Crippen molar-refractivity contribution in [1.29, 1.82) is 5.41 Å². The minimum atomic E-state index is -0.579. The van der Waals surface area contributed by atoms with Crippen LogP contribution in [0.25, 0.3) is 0 Å². The van der Waals surface area contributed by atoms with Crippen molar-refractivity contribution >= 4 is 24.0 Å². The number of hydrogen-bond donors (Lipinski definition) is 2.